The monoisotopic (exact) mass is 307 g/mol. The lowest BCUT2D eigenvalue weighted by atomic mass is 10.2. The molecule has 1 unspecified atom stereocenters. The lowest BCUT2D eigenvalue weighted by Gasteiger charge is -2.12. The number of aliphatic carboxylic acids is 1. The second-order valence-corrected chi connectivity index (χ2v) is 5.18. The topological polar surface area (TPSA) is 66.4 Å². The first-order valence-electron chi connectivity index (χ1n) is 5.56. The summed E-state index contributed by atoms with van der Waals surface area (Å²) in [4.78, 5) is 22.1. The van der Waals surface area contributed by atoms with Gasteiger partial charge in [-0.05, 0) is 43.0 Å². The number of carboxylic acid groups (broad SMARTS) is 1. The van der Waals surface area contributed by atoms with E-state index < -0.39 is 23.4 Å². The molecule has 0 spiro atoms. The highest BCUT2D eigenvalue weighted by molar-refractivity contribution is 8.00. The first-order valence-corrected chi connectivity index (χ1v) is 6.37. The predicted octanol–water partition coefficient (Wildman–Crippen LogP) is 2.89. The summed E-state index contributed by atoms with van der Waals surface area (Å²) in [5.41, 5.74) is -4.20. The Morgan fingerprint density at radius 1 is 1.30 bits per heavy atom. The van der Waals surface area contributed by atoms with Gasteiger partial charge in [0.05, 0.1) is 6.42 Å². The van der Waals surface area contributed by atoms with E-state index in [1.165, 1.54) is 31.2 Å². The summed E-state index contributed by atoms with van der Waals surface area (Å²) < 4.78 is 36.4. The largest absolute Gasteiger partial charge is 0.481 e. The number of benzene rings is 1. The van der Waals surface area contributed by atoms with Gasteiger partial charge in [0.25, 0.3) is 5.91 Å². The van der Waals surface area contributed by atoms with Crippen LogP contribution in [0.3, 0.4) is 0 Å². The molecule has 0 radical (unpaired) electrons. The highest BCUT2D eigenvalue weighted by atomic mass is 32.2. The Labute approximate surface area is 117 Å². The van der Waals surface area contributed by atoms with Crippen LogP contribution in [0, 0.1) is 0 Å². The van der Waals surface area contributed by atoms with Crippen LogP contribution in [0.25, 0.3) is 0 Å². The van der Waals surface area contributed by atoms with Gasteiger partial charge in [0.1, 0.15) is 0 Å². The van der Waals surface area contributed by atoms with Gasteiger partial charge in [0.15, 0.2) is 0 Å². The van der Waals surface area contributed by atoms with Gasteiger partial charge in [0, 0.05) is 16.5 Å². The van der Waals surface area contributed by atoms with E-state index in [-0.39, 0.29) is 28.6 Å². The Morgan fingerprint density at radius 2 is 1.85 bits per heavy atom. The first-order chi connectivity index (χ1) is 9.17. The molecule has 110 valence electrons. The molecule has 1 aromatic rings. The summed E-state index contributed by atoms with van der Waals surface area (Å²) in [5, 5.41) is 11.0. The highest BCUT2D eigenvalue weighted by Crippen LogP contribution is 2.36. The molecule has 0 saturated heterocycles. The number of rotatable bonds is 5. The zero-order valence-corrected chi connectivity index (χ0v) is 11.2. The molecular weight excluding hydrogens is 295 g/mol. The molecule has 20 heavy (non-hydrogen) atoms. The first kappa shape index (κ1) is 16.4. The SMILES string of the molecule is CC(CC(=O)O)NC(=O)c1ccc(SC(F)(F)F)cc1. The van der Waals surface area contributed by atoms with Gasteiger partial charge in [0.2, 0.25) is 0 Å². The lowest BCUT2D eigenvalue weighted by molar-refractivity contribution is -0.137. The van der Waals surface area contributed by atoms with Crippen LogP contribution in [-0.4, -0.2) is 28.5 Å². The number of amides is 1. The fourth-order valence-corrected chi connectivity index (χ4v) is 1.97. The Hall–Kier alpha value is -1.70. The zero-order chi connectivity index (χ0) is 15.3. The maximum absolute atomic E-state index is 12.1. The number of hydrogen-bond acceptors (Lipinski definition) is 3. The van der Waals surface area contributed by atoms with Gasteiger partial charge in [-0.1, -0.05) is 0 Å². The van der Waals surface area contributed by atoms with E-state index in [0.717, 1.165) is 0 Å². The lowest BCUT2D eigenvalue weighted by Crippen LogP contribution is -2.34. The molecule has 2 N–H and O–H groups in total. The van der Waals surface area contributed by atoms with E-state index in [1.54, 1.807) is 0 Å². The smallest absolute Gasteiger partial charge is 0.446 e. The Morgan fingerprint density at radius 3 is 2.30 bits per heavy atom. The van der Waals surface area contributed by atoms with Crippen LogP contribution in [0.15, 0.2) is 29.2 Å². The fraction of sp³-hybridized carbons (Fsp3) is 0.333. The quantitative estimate of drug-likeness (QED) is 0.821. The van der Waals surface area contributed by atoms with Crippen molar-refractivity contribution in [2.75, 3.05) is 0 Å². The molecule has 1 atom stereocenters. The summed E-state index contributed by atoms with van der Waals surface area (Å²) in [6.07, 6.45) is -0.228. The van der Waals surface area contributed by atoms with Crippen molar-refractivity contribution in [1.82, 2.24) is 5.32 Å². The normalized spacial score (nSPS) is 12.8. The van der Waals surface area contributed by atoms with Crippen molar-refractivity contribution in [3.63, 3.8) is 0 Å². The van der Waals surface area contributed by atoms with E-state index in [0.29, 0.717) is 0 Å². The van der Waals surface area contributed by atoms with Gasteiger partial charge in [-0.2, -0.15) is 13.2 Å². The predicted molar refractivity (Wildman–Crippen MR) is 67.5 cm³/mol. The highest BCUT2D eigenvalue weighted by Gasteiger charge is 2.29. The van der Waals surface area contributed by atoms with E-state index >= 15 is 0 Å². The maximum Gasteiger partial charge on any atom is 0.446 e. The molecule has 0 aliphatic carbocycles. The molecule has 0 fully saturated rings. The van der Waals surface area contributed by atoms with Crippen molar-refractivity contribution in [1.29, 1.82) is 0 Å². The molecule has 8 heteroatoms. The van der Waals surface area contributed by atoms with Crippen molar-refractivity contribution < 1.29 is 27.9 Å². The van der Waals surface area contributed by atoms with E-state index in [4.69, 9.17) is 5.11 Å². The second kappa shape index (κ2) is 6.65. The molecule has 0 saturated carbocycles. The Kier molecular flexibility index (Phi) is 5.43. The van der Waals surface area contributed by atoms with Crippen LogP contribution >= 0.6 is 11.8 Å². The third kappa shape index (κ3) is 5.96. The fourth-order valence-electron chi connectivity index (χ4n) is 1.43. The van der Waals surface area contributed by atoms with Crippen LogP contribution in [-0.2, 0) is 4.79 Å². The number of carbonyl (C=O) groups is 2. The molecule has 0 heterocycles. The average Bonchev–Trinajstić information content (AvgIpc) is 2.26. The third-order valence-electron chi connectivity index (χ3n) is 2.21. The minimum atomic E-state index is -4.38. The van der Waals surface area contributed by atoms with E-state index in [2.05, 4.69) is 5.32 Å². The molecular formula is C12H12F3NO3S. The van der Waals surface area contributed by atoms with Crippen molar-refractivity contribution in [3.05, 3.63) is 29.8 Å². The number of nitrogens with one attached hydrogen (secondary N) is 1. The van der Waals surface area contributed by atoms with E-state index in [1.807, 2.05) is 0 Å². The second-order valence-electron chi connectivity index (χ2n) is 4.04. The number of hydrogen-bond donors (Lipinski definition) is 2. The van der Waals surface area contributed by atoms with Crippen LogP contribution in [0.4, 0.5) is 13.2 Å². The van der Waals surface area contributed by atoms with Crippen molar-refractivity contribution >= 4 is 23.6 Å². The minimum Gasteiger partial charge on any atom is -0.481 e. The number of thioether (sulfide) groups is 1. The van der Waals surface area contributed by atoms with Crippen LogP contribution in [0.1, 0.15) is 23.7 Å². The number of carbonyl (C=O) groups excluding carboxylic acids is 1. The Bertz CT molecular complexity index is 488. The molecule has 0 bridgehead atoms. The van der Waals surface area contributed by atoms with Gasteiger partial charge < -0.3 is 10.4 Å². The zero-order valence-electron chi connectivity index (χ0n) is 10.4. The number of carboxylic acids is 1. The summed E-state index contributed by atoms with van der Waals surface area (Å²) in [7, 11) is 0. The standard InChI is InChI=1S/C12H12F3NO3S/c1-7(6-10(17)18)16-11(19)8-2-4-9(5-3-8)20-12(13,14)15/h2-5,7H,6H2,1H3,(H,16,19)(H,17,18). The molecule has 0 aromatic heterocycles. The molecule has 1 amide bonds. The minimum absolute atomic E-state index is 0.0207. The molecule has 0 aliphatic heterocycles. The summed E-state index contributed by atoms with van der Waals surface area (Å²) in [5.74, 6) is -1.57. The van der Waals surface area contributed by atoms with Gasteiger partial charge in [-0.25, -0.2) is 0 Å². The van der Waals surface area contributed by atoms with Gasteiger partial charge in [-0.15, -0.1) is 0 Å². The Balaban J connectivity index is 2.64. The summed E-state index contributed by atoms with van der Waals surface area (Å²) >= 11 is -0.266. The van der Waals surface area contributed by atoms with Crippen LogP contribution in [0.2, 0.25) is 0 Å². The number of alkyl halides is 3. The van der Waals surface area contributed by atoms with Gasteiger partial charge >= 0.3 is 11.5 Å². The van der Waals surface area contributed by atoms with Gasteiger partial charge in [-0.3, -0.25) is 9.59 Å². The van der Waals surface area contributed by atoms with Crippen LogP contribution < -0.4 is 5.32 Å². The summed E-state index contributed by atoms with van der Waals surface area (Å²) in [6, 6.07) is 4.33. The van der Waals surface area contributed by atoms with Crippen LogP contribution in [0.5, 0.6) is 0 Å². The average molecular weight is 307 g/mol. The molecule has 1 rings (SSSR count). The summed E-state index contributed by atoms with van der Waals surface area (Å²) in [6.45, 7) is 1.53. The van der Waals surface area contributed by atoms with Crippen molar-refractivity contribution in [2.24, 2.45) is 0 Å². The molecule has 1 aromatic carbocycles. The van der Waals surface area contributed by atoms with E-state index in [9.17, 15) is 22.8 Å². The maximum atomic E-state index is 12.1. The number of halogens is 3. The molecule has 0 aliphatic rings. The van der Waals surface area contributed by atoms with Crippen molar-refractivity contribution in [2.45, 2.75) is 29.8 Å². The molecule has 4 nitrogen and oxygen atoms in total. The third-order valence-corrected chi connectivity index (χ3v) is 2.95. The van der Waals surface area contributed by atoms with Crippen molar-refractivity contribution in [3.8, 4) is 0 Å².